The number of hydrogen-bond donors (Lipinski definition) is 2. The van der Waals surface area contributed by atoms with E-state index in [9.17, 15) is 0 Å². The van der Waals surface area contributed by atoms with Crippen LogP contribution in [0.5, 0.6) is 5.75 Å². The molecule has 8 nitrogen and oxygen atoms in total. The van der Waals surface area contributed by atoms with Crippen LogP contribution in [0, 0.1) is 0 Å². The molecule has 8 heteroatoms. The van der Waals surface area contributed by atoms with Crippen molar-refractivity contribution in [3.05, 3.63) is 53.7 Å². The molecule has 2 aromatic carbocycles. The Morgan fingerprint density at radius 3 is 2.50 bits per heavy atom. The molecule has 0 bridgehead atoms. The van der Waals surface area contributed by atoms with Gasteiger partial charge in [0.2, 0.25) is 0 Å². The highest BCUT2D eigenvalue weighted by molar-refractivity contribution is 5.94. The minimum Gasteiger partial charge on any atom is -0.497 e. The van der Waals surface area contributed by atoms with Crippen LogP contribution in [-0.4, -0.2) is 73.8 Å². The molecule has 3 aromatic rings. The molecular formula is C26H35N5O3. The number of ether oxygens (including phenoxy) is 2. The van der Waals surface area contributed by atoms with Gasteiger partial charge in [0.1, 0.15) is 5.75 Å². The third kappa shape index (κ3) is 5.75. The molecule has 1 aliphatic heterocycles. The zero-order chi connectivity index (χ0) is 23.9. The highest BCUT2D eigenvalue weighted by Crippen LogP contribution is 2.29. The zero-order valence-electron chi connectivity index (χ0n) is 20.3. The Morgan fingerprint density at radius 2 is 1.82 bits per heavy atom. The summed E-state index contributed by atoms with van der Waals surface area (Å²) in [4.78, 5) is 4.56. The molecule has 2 heterocycles. The van der Waals surface area contributed by atoms with Gasteiger partial charge in [0.05, 0.1) is 26.0 Å². The van der Waals surface area contributed by atoms with E-state index < -0.39 is 0 Å². The monoisotopic (exact) mass is 465 g/mol. The molecular weight excluding hydrogens is 430 g/mol. The molecule has 0 atom stereocenters. The summed E-state index contributed by atoms with van der Waals surface area (Å²) in [5, 5.41) is 23.7. The molecule has 0 unspecified atom stereocenters. The predicted octanol–water partition coefficient (Wildman–Crippen LogP) is 3.29. The van der Waals surface area contributed by atoms with Crippen LogP contribution < -0.4 is 15.0 Å². The van der Waals surface area contributed by atoms with Crippen LogP contribution in [0.1, 0.15) is 24.1 Å². The van der Waals surface area contributed by atoms with Crippen molar-refractivity contribution in [3.8, 4) is 5.75 Å². The fourth-order valence-corrected chi connectivity index (χ4v) is 4.49. The summed E-state index contributed by atoms with van der Waals surface area (Å²) in [7, 11) is 5.34. The van der Waals surface area contributed by atoms with Crippen molar-refractivity contribution in [1.29, 1.82) is 0 Å². The molecule has 1 aromatic heterocycles. The molecule has 34 heavy (non-hydrogen) atoms. The number of rotatable bonds is 10. The maximum absolute atomic E-state index is 9.12. The largest absolute Gasteiger partial charge is 0.497 e. The van der Waals surface area contributed by atoms with E-state index >= 15 is 0 Å². The summed E-state index contributed by atoms with van der Waals surface area (Å²) < 4.78 is 10.7. The molecule has 0 spiro atoms. The van der Waals surface area contributed by atoms with Crippen molar-refractivity contribution < 1.29 is 14.6 Å². The Kier molecular flexibility index (Phi) is 8.16. The lowest BCUT2D eigenvalue weighted by atomic mass is 10.0. The molecule has 1 aliphatic rings. The van der Waals surface area contributed by atoms with Crippen LogP contribution in [0.2, 0.25) is 0 Å². The van der Waals surface area contributed by atoms with E-state index in [1.165, 1.54) is 5.56 Å². The van der Waals surface area contributed by atoms with Crippen molar-refractivity contribution in [1.82, 2.24) is 15.1 Å². The Hall–Kier alpha value is -2.94. The summed E-state index contributed by atoms with van der Waals surface area (Å²) in [5.74, 6) is 1.60. The number of piperidine rings is 1. The first-order valence-electron chi connectivity index (χ1n) is 11.8. The highest BCUT2D eigenvalue weighted by Gasteiger charge is 2.21. The second-order valence-corrected chi connectivity index (χ2v) is 8.85. The van der Waals surface area contributed by atoms with Gasteiger partial charge >= 0.3 is 0 Å². The Morgan fingerprint density at radius 1 is 1.06 bits per heavy atom. The van der Waals surface area contributed by atoms with Gasteiger partial charge in [-0.15, -0.1) is 5.10 Å². The maximum Gasteiger partial charge on any atom is 0.156 e. The van der Waals surface area contributed by atoms with E-state index in [2.05, 4.69) is 49.6 Å². The van der Waals surface area contributed by atoms with E-state index in [0.717, 1.165) is 66.2 Å². The van der Waals surface area contributed by atoms with Crippen LogP contribution in [0.4, 0.5) is 11.5 Å². The van der Waals surface area contributed by atoms with E-state index in [4.69, 9.17) is 14.6 Å². The number of nitrogens with zero attached hydrogens (tertiary/aromatic N) is 4. The average Bonchev–Trinajstić information content (AvgIpc) is 2.87. The van der Waals surface area contributed by atoms with E-state index in [1.807, 2.05) is 25.2 Å². The van der Waals surface area contributed by atoms with Gasteiger partial charge in [-0.05, 0) is 48.7 Å². The van der Waals surface area contributed by atoms with Gasteiger partial charge in [-0.25, -0.2) is 0 Å². The van der Waals surface area contributed by atoms with Gasteiger partial charge in [0.15, 0.2) is 5.82 Å². The van der Waals surface area contributed by atoms with Crippen molar-refractivity contribution >= 4 is 22.3 Å². The first-order chi connectivity index (χ1) is 16.6. The number of likely N-dealkylation sites (N-methyl/N-ethyl adjacent to an activating group) is 1. The molecule has 0 saturated carbocycles. The van der Waals surface area contributed by atoms with Gasteiger partial charge in [-0.2, -0.15) is 5.10 Å². The third-order valence-corrected chi connectivity index (χ3v) is 6.49. The molecule has 4 rings (SSSR count). The number of methoxy groups -OCH3 is 2. The van der Waals surface area contributed by atoms with Gasteiger partial charge < -0.3 is 24.8 Å². The number of fused-ring (bicyclic) bond motifs is 1. The number of hydrogen-bond acceptors (Lipinski definition) is 8. The number of likely N-dealkylation sites (tertiary alicyclic amines) is 1. The van der Waals surface area contributed by atoms with Crippen LogP contribution in [0.25, 0.3) is 10.8 Å². The first-order valence-corrected chi connectivity index (χ1v) is 11.8. The smallest absolute Gasteiger partial charge is 0.156 e. The summed E-state index contributed by atoms with van der Waals surface area (Å²) in [6.45, 7) is 4.23. The van der Waals surface area contributed by atoms with Crippen LogP contribution >= 0.6 is 0 Å². The average molecular weight is 466 g/mol. The van der Waals surface area contributed by atoms with E-state index in [-0.39, 0.29) is 6.61 Å². The van der Waals surface area contributed by atoms with Gasteiger partial charge in [0.25, 0.3) is 0 Å². The Balaban J connectivity index is 1.37. The van der Waals surface area contributed by atoms with E-state index in [0.29, 0.717) is 19.2 Å². The number of aliphatic hydroxyl groups is 1. The topological polar surface area (TPSA) is 83.0 Å². The molecule has 1 saturated heterocycles. The van der Waals surface area contributed by atoms with Crippen molar-refractivity contribution in [2.24, 2.45) is 0 Å². The lowest BCUT2D eigenvalue weighted by Gasteiger charge is -2.32. The minimum absolute atomic E-state index is 0.160. The molecule has 0 amide bonds. The fraction of sp³-hybridized carbons (Fsp3) is 0.462. The van der Waals surface area contributed by atoms with Crippen molar-refractivity contribution in [3.63, 3.8) is 0 Å². The van der Waals surface area contributed by atoms with E-state index in [1.54, 1.807) is 14.2 Å². The van der Waals surface area contributed by atoms with Crippen molar-refractivity contribution in [2.75, 3.05) is 57.7 Å². The maximum atomic E-state index is 9.12. The fourth-order valence-electron chi connectivity index (χ4n) is 4.49. The van der Waals surface area contributed by atoms with Gasteiger partial charge in [-0.3, -0.25) is 4.90 Å². The molecule has 182 valence electrons. The summed E-state index contributed by atoms with van der Waals surface area (Å²) in [6, 6.07) is 15.0. The van der Waals surface area contributed by atoms with Crippen molar-refractivity contribution in [2.45, 2.75) is 32.0 Å². The van der Waals surface area contributed by atoms with Crippen LogP contribution in [0.3, 0.4) is 0 Å². The molecule has 0 radical (unpaired) electrons. The molecule has 2 N–H and O–H groups in total. The van der Waals surface area contributed by atoms with Gasteiger partial charge in [-0.1, -0.05) is 12.1 Å². The van der Waals surface area contributed by atoms with Crippen LogP contribution in [0.15, 0.2) is 42.5 Å². The normalized spacial score (nSPS) is 14.9. The summed E-state index contributed by atoms with van der Waals surface area (Å²) in [5.41, 5.74) is 3.27. The second-order valence-electron chi connectivity index (χ2n) is 8.85. The van der Waals surface area contributed by atoms with Gasteiger partial charge in [0, 0.05) is 62.8 Å². The minimum atomic E-state index is 0.160. The Bertz CT molecular complexity index is 1070. The molecule has 1 fully saturated rings. The summed E-state index contributed by atoms with van der Waals surface area (Å²) >= 11 is 0. The lowest BCUT2D eigenvalue weighted by Crippen LogP contribution is -2.38. The standard InChI is InChI=1S/C26H35N5O3/c1-30(14-15-32)21-6-4-19(5-7-21)17-31-12-10-20(11-13-31)27-26-24-16-22(34-3)8-9-23(24)25(18-33-2)28-29-26/h4-9,16,20,32H,10-15,17-18H2,1-3H3,(H,27,29). The first kappa shape index (κ1) is 24.2. The predicted molar refractivity (Wildman–Crippen MR) is 136 cm³/mol. The SMILES string of the molecule is COCc1nnc(NC2CCN(Cc3ccc(N(C)CCO)cc3)CC2)c2cc(OC)ccc12. The molecule has 0 aliphatic carbocycles. The number of aromatic nitrogens is 2. The summed E-state index contributed by atoms with van der Waals surface area (Å²) in [6.07, 6.45) is 2.09. The lowest BCUT2D eigenvalue weighted by molar-refractivity contribution is 0.182. The second kappa shape index (κ2) is 11.5. The van der Waals surface area contributed by atoms with Crippen LogP contribution in [-0.2, 0) is 17.9 Å². The quantitative estimate of drug-likeness (QED) is 0.472. The third-order valence-electron chi connectivity index (χ3n) is 6.49. The zero-order valence-corrected chi connectivity index (χ0v) is 20.3. The number of benzene rings is 2. The number of anilines is 2. The number of aliphatic hydroxyl groups excluding tert-OH is 1. The number of nitrogens with one attached hydrogen (secondary N) is 1. The Labute approximate surface area is 201 Å². The highest BCUT2D eigenvalue weighted by atomic mass is 16.5.